The van der Waals surface area contributed by atoms with Crippen LogP contribution in [0.15, 0.2) is 29.2 Å². The summed E-state index contributed by atoms with van der Waals surface area (Å²) >= 11 is 0. The predicted molar refractivity (Wildman–Crippen MR) is 50.9 cm³/mol. The van der Waals surface area contributed by atoms with Gasteiger partial charge in [0, 0.05) is 17.3 Å². The summed E-state index contributed by atoms with van der Waals surface area (Å²) in [7, 11) is 0. The number of aromatic nitrogens is 2. The van der Waals surface area contributed by atoms with E-state index in [0.29, 0.717) is 5.82 Å². The summed E-state index contributed by atoms with van der Waals surface area (Å²) in [6.07, 6.45) is 2.50. The van der Waals surface area contributed by atoms with Gasteiger partial charge in [-0.25, -0.2) is 0 Å². The van der Waals surface area contributed by atoms with Gasteiger partial charge in [0.2, 0.25) is 0 Å². The lowest BCUT2D eigenvalue weighted by Gasteiger charge is -2.03. The van der Waals surface area contributed by atoms with Crippen LogP contribution in [0.5, 0.6) is 0 Å². The molecule has 0 aliphatic carbocycles. The molecule has 0 spiro atoms. The Morgan fingerprint density at radius 3 is 3.15 bits per heavy atom. The Hall–Kier alpha value is -1.64. The molecule has 0 aromatic rings. The molecule has 0 unspecified atom stereocenters. The Bertz CT molecular complexity index is 447. The highest BCUT2D eigenvalue weighted by Gasteiger charge is 2.06. The van der Waals surface area contributed by atoms with Crippen molar-refractivity contribution in [1.29, 1.82) is 0 Å². The second-order valence-corrected chi connectivity index (χ2v) is 2.91. The number of hydrogen-bond acceptors (Lipinski definition) is 2. The largest absolute Gasteiger partial charge is 0.346 e. The zero-order valence-electron chi connectivity index (χ0n) is 7.37. The maximum absolute atomic E-state index is 11.3. The van der Waals surface area contributed by atoms with Gasteiger partial charge < -0.3 is 4.98 Å². The van der Waals surface area contributed by atoms with Gasteiger partial charge in [-0.05, 0) is 24.6 Å². The highest BCUT2D eigenvalue weighted by molar-refractivity contribution is 5.56. The van der Waals surface area contributed by atoms with Crippen molar-refractivity contribution in [2.45, 2.75) is 13.3 Å². The van der Waals surface area contributed by atoms with Crippen LogP contribution in [-0.4, -0.2) is 9.97 Å². The number of pyridine rings is 2. The third-order valence-electron chi connectivity index (χ3n) is 2.06. The van der Waals surface area contributed by atoms with E-state index in [4.69, 9.17) is 0 Å². The zero-order valence-corrected chi connectivity index (χ0v) is 7.37. The quantitative estimate of drug-likeness (QED) is 0.711. The van der Waals surface area contributed by atoms with E-state index >= 15 is 0 Å². The van der Waals surface area contributed by atoms with Crippen molar-refractivity contribution in [3.63, 3.8) is 0 Å². The van der Waals surface area contributed by atoms with Crippen molar-refractivity contribution in [3.8, 4) is 11.4 Å². The van der Waals surface area contributed by atoms with Crippen molar-refractivity contribution >= 4 is 0 Å². The Morgan fingerprint density at radius 1 is 1.54 bits per heavy atom. The molecule has 3 heteroatoms. The molecule has 0 fully saturated rings. The van der Waals surface area contributed by atoms with Crippen LogP contribution in [0.25, 0.3) is 11.4 Å². The van der Waals surface area contributed by atoms with Crippen LogP contribution in [0.4, 0.5) is 0 Å². The van der Waals surface area contributed by atoms with E-state index in [-0.39, 0.29) is 5.56 Å². The minimum absolute atomic E-state index is 0.127. The van der Waals surface area contributed by atoms with Gasteiger partial charge >= 0.3 is 0 Å². The fourth-order valence-corrected chi connectivity index (χ4v) is 1.33. The molecule has 1 N–H and O–H groups in total. The van der Waals surface area contributed by atoms with Crippen molar-refractivity contribution in [2.75, 3.05) is 0 Å². The number of nitrogens with zero attached hydrogens (tertiary/aromatic N) is 1. The number of nitrogens with one attached hydrogen (secondary N) is 1. The van der Waals surface area contributed by atoms with E-state index in [1.165, 1.54) is 0 Å². The van der Waals surface area contributed by atoms with E-state index in [2.05, 4.69) is 9.97 Å². The molecule has 0 amide bonds. The van der Waals surface area contributed by atoms with Gasteiger partial charge in [-0.15, -0.1) is 0 Å². The van der Waals surface area contributed by atoms with E-state index in [1.54, 1.807) is 6.20 Å². The topological polar surface area (TPSA) is 45.8 Å². The van der Waals surface area contributed by atoms with Gasteiger partial charge in [0.1, 0.15) is 5.82 Å². The monoisotopic (exact) mass is 174 g/mol. The van der Waals surface area contributed by atoms with Crippen molar-refractivity contribution in [1.82, 2.24) is 9.97 Å². The molecular weight excluding hydrogens is 164 g/mol. The molecule has 2 aliphatic rings. The summed E-state index contributed by atoms with van der Waals surface area (Å²) in [5.74, 6) is 0.657. The average molecular weight is 174 g/mol. The molecule has 13 heavy (non-hydrogen) atoms. The van der Waals surface area contributed by atoms with Gasteiger partial charge in [-0.2, -0.15) is 4.98 Å². The van der Waals surface area contributed by atoms with E-state index in [1.807, 2.05) is 25.1 Å². The number of rotatable bonds is 1. The fraction of sp³-hybridized carbons (Fsp3) is 0.200. The zero-order chi connectivity index (χ0) is 9.26. The van der Waals surface area contributed by atoms with Crippen LogP contribution in [-0.2, 0) is 6.42 Å². The maximum Gasteiger partial charge on any atom is 0.274 e. The second-order valence-electron chi connectivity index (χ2n) is 2.91. The standard InChI is InChI=1S/C10H10N2O/c1-2-7-6-8-4-3-5-11-9(8)12-10(7)13/h3-6H,2H2,1H3,(H,11,12,13). The van der Waals surface area contributed by atoms with Crippen LogP contribution in [0.3, 0.4) is 0 Å². The Labute approximate surface area is 75.8 Å². The molecule has 0 bridgehead atoms. The van der Waals surface area contributed by atoms with Crippen LogP contribution >= 0.6 is 0 Å². The first-order chi connectivity index (χ1) is 6.31. The highest BCUT2D eigenvalue weighted by Crippen LogP contribution is 2.14. The van der Waals surface area contributed by atoms with E-state index in [0.717, 1.165) is 17.5 Å². The van der Waals surface area contributed by atoms with Crippen LogP contribution in [0.1, 0.15) is 12.5 Å². The van der Waals surface area contributed by atoms with Gasteiger partial charge in [0.05, 0.1) is 0 Å². The molecule has 0 radical (unpaired) electrons. The first-order valence-corrected chi connectivity index (χ1v) is 4.28. The number of fused-ring (bicyclic) bond motifs is 1. The van der Waals surface area contributed by atoms with E-state index in [9.17, 15) is 4.79 Å². The van der Waals surface area contributed by atoms with Crippen LogP contribution in [0, 0.1) is 0 Å². The first-order valence-electron chi connectivity index (χ1n) is 4.28. The summed E-state index contributed by atoms with van der Waals surface area (Å²) in [4.78, 5) is 18.2. The van der Waals surface area contributed by atoms with Crippen molar-refractivity contribution in [2.24, 2.45) is 0 Å². The fourth-order valence-electron chi connectivity index (χ4n) is 1.33. The summed E-state index contributed by atoms with van der Waals surface area (Å²) in [6, 6.07) is 5.73. The lowest BCUT2D eigenvalue weighted by atomic mass is 10.1. The van der Waals surface area contributed by atoms with Crippen molar-refractivity contribution < 1.29 is 0 Å². The second kappa shape index (κ2) is 3.01. The third kappa shape index (κ3) is 1.33. The number of aromatic amines is 1. The first kappa shape index (κ1) is 7.98. The number of H-pyrrole nitrogens is 1. The molecule has 2 aliphatic heterocycles. The number of hydrogen-bond donors (Lipinski definition) is 1. The average Bonchev–Trinajstić information content (AvgIpc) is 2.17. The molecule has 0 atom stereocenters. The Morgan fingerprint density at radius 2 is 2.38 bits per heavy atom. The normalized spacial score (nSPS) is 10.5. The molecule has 0 aromatic carbocycles. The third-order valence-corrected chi connectivity index (χ3v) is 2.06. The lowest BCUT2D eigenvalue weighted by Crippen LogP contribution is -2.13. The number of aryl methyl sites for hydroxylation is 1. The van der Waals surface area contributed by atoms with Crippen molar-refractivity contribution in [3.05, 3.63) is 40.3 Å². The van der Waals surface area contributed by atoms with Gasteiger partial charge in [0.25, 0.3) is 5.56 Å². The maximum atomic E-state index is 11.3. The van der Waals surface area contributed by atoms with Crippen LogP contribution < -0.4 is 5.56 Å². The highest BCUT2D eigenvalue weighted by atomic mass is 16.1. The minimum Gasteiger partial charge on any atom is -0.346 e. The van der Waals surface area contributed by atoms with Crippen LogP contribution in [0.2, 0.25) is 0 Å². The molecule has 0 aromatic heterocycles. The smallest absolute Gasteiger partial charge is 0.274 e. The summed E-state index contributed by atoms with van der Waals surface area (Å²) in [6.45, 7) is 1.96. The predicted octanol–water partition coefficient (Wildman–Crippen LogP) is 1.44. The molecule has 66 valence electrons. The molecule has 0 saturated heterocycles. The summed E-state index contributed by atoms with van der Waals surface area (Å²) in [5.41, 5.74) is 1.63. The van der Waals surface area contributed by atoms with Gasteiger partial charge in [0.15, 0.2) is 0 Å². The molecule has 0 saturated carbocycles. The molecule has 2 rings (SSSR count). The molecular formula is C10H10N2O. The lowest BCUT2D eigenvalue weighted by molar-refractivity contribution is 1.04. The van der Waals surface area contributed by atoms with Gasteiger partial charge in [-0.3, -0.25) is 4.79 Å². The Balaban J connectivity index is 2.76. The minimum atomic E-state index is -0.127. The molecule has 2 heterocycles. The SMILES string of the molecule is CCc1cc2ccc[nH]c-2nc1=O. The Kier molecular flexibility index (Phi) is 1.85. The summed E-state index contributed by atoms with van der Waals surface area (Å²) in [5, 5.41) is 0. The van der Waals surface area contributed by atoms with Gasteiger partial charge in [-0.1, -0.05) is 6.92 Å². The molecule has 3 nitrogen and oxygen atoms in total. The summed E-state index contributed by atoms with van der Waals surface area (Å²) < 4.78 is 0. The van der Waals surface area contributed by atoms with E-state index < -0.39 is 0 Å².